The first kappa shape index (κ1) is 25.5. The third-order valence-electron chi connectivity index (χ3n) is 5.22. The molecule has 1 aromatic rings. The minimum absolute atomic E-state index is 0.109. The second kappa shape index (κ2) is 12.3. The quantitative estimate of drug-likeness (QED) is 0.297. The number of carboxylic acids is 1. The molecule has 1 aliphatic rings. The molecule has 1 saturated heterocycles. The highest BCUT2D eigenvalue weighted by Gasteiger charge is 2.37. The van der Waals surface area contributed by atoms with Crippen LogP contribution >= 0.6 is 11.8 Å². The van der Waals surface area contributed by atoms with Crippen LogP contribution in [0.3, 0.4) is 0 Å². The van der Waals surface area contributed by atoms with Crippen molar-refractivity contribution in [3.05, 3.63) is 29.8 Å². The van der Waals surface area contributed by atoms with E-state index in [2.05, 4.69) is 10.6 Å². The fourth-order valence-electron chi connectivity index (χ4n) is 3.50. The van der Waals surface area contributed by atoms with Crippen molar-refractivity contribution in [1.29, 1.82) is 0 Å². The van der Waals surface area contributed by atoms with Gasteiger partial charge in [-0.25, -0.2) is 4.79 Å². The summed E-state index contributed by atoms with van der Waals surface area (Å²) >= 11 is 1.51. The lowest BCUT2D eigenvalue weighted by Crippen LogP contribution is -2.54. The zero-order valence-electron chi connectivity index (χ0n) is 18.0. The smallest absolute Gasteiger partial charge is 0.326 e. The lowest BCUT2D eigenvalue weighted by molar-refractivity contribution is -0.149. The summed E-state index contributed by atoms with van der Waals surface area (Å²) in [6, 6.07) is 3.66. The number of benzene rings is 1. The van der Waals surface area contributed by atoms with Gasteiger partial charge in [0.1, 0.15) is 17.8 Å². The lowest BCUT2D eigenvalue weighted by atomic mass is 10.1. The van der Waals surface area contributed by atoms with Gasteiger partial charge < -0.3 is 31.5 Å². The van der Waals surface area contributed by atoms with Crippen LogP contribution in [0.5, 0.6) is 5.75 Å². The summed E-state index contributed by atoms with van der Waals surface area (Å²) in [5.74, 6) is -1.84. The Bertz CT molecular complexity index is 819. The number of rotatable bonds is 11. The van der Waals surface area contributed by atoms with Crippen molar-refractivity contribution in [3.8, 4) is 5.75 Å². The number of carbonyl (C=O) groups excluding carboxylic acids is 3. The van der Waals surface area contributed by atoms with Crippen LogP contribution in [0.4, 0.5) is 0 Å². The molecule has 0 aliphatic carbocycles. The maximum Gasteiger partial charge on any atom is 0.326 e. The molecule has 176 valence electrons. The third kappa shape index (κ3) is 7.41. The maximum atomic E-state index is 12.9. The molecule has 3 atom stereocenters. The monoisotopic (exact) mass is 466 g/mol. The molecule has 3 unspecified atom stereocenters. The van der Waals surface area contributed by atoms with Crippen molar-refractivity contribution < 1.29 is 29.4 Å². The normalized spacial score (nSPS) is 17.4. The third-order valence-corrected chi connectivity index (χ3v) is 5.86. The minimum Gasteiger partial charge on any atom is -0.508 e. The molecule has 2 rings (SSSR count). The Morgan fingerprint density at radius 1 is 1.25 bits per heavy atom. The van der Waals surface area contributed by atoms with Crippen LogP contribution in [-0.4, -0.2) is 82.0 Å². The first-order valence-electron chi connectivity index (χ1n) is 10.4. The largest absolute Gasteiger partial charge is 0.508 e. The topological polar surface area (TPSA) is 162 Å². The predicted molar refractivity (Wildman–Crippen MR) is 120 cm³/mol. The van der Waals surface area contributed by atoms with Crippen molar-refractivity contribution >= 4 is 35.5 Å². The number of carbonyl (C=O) groups is 4. The summed E-state index contributed by atoms with van der Waals surface area (Å²) in [5.41, 5.74) is 6.65. The van der Waals surface area contributed by atoms with E-state index in [1.807, 2.05) is 6.26 Å². The number of likely N-dealkylation sites (tertiary alicyclic amines) is 1. The Balaban J connectivity index is 1.89. The lowest BCUT2D eigenvalue weighted by Gasteiger charge is -2.27. The van der Waals surface area contributed by atoms with Gasteiger partial charge in [-0.05, 0) is 55.4 Å². The highest BCUT2D eigenvalue weighted by molar-refractivity contribution is 7.98. The van der Waals surface area contributed by atoms with E-state index in [0.29, 0.717) is 31.6 Å². The van der Waals surface area contributed by atoms with Crippen LogP contribution in [0.25, 0.3) is 0 Å². The fourth-order valence-corrected chi connectivity index (χ4v) is 3.97. The van der Waals surface area contributed by atoms with Gasteiger partial charge in [0.25, 0.3) is 0 Å². The van der Waals surface area contributed by atoms with Gasteiger partial charge in [-0.3, -0.25) is 14.4 Å². The van der Waals surface area contributed by atoms with E-state index in [9.17, 15) is 29.4 Å². The minimum atomic E-state index is -1.05. The van der Waals surface area contributed by atoms with Crippen molar-refractivity contribution in [2.24, 2.45) is 5.73 Å². The zero-order valence-corrected chi connectivity index (χ0v) is 18.8. The van der Waals surface area contributed by atoms with E-state index in [4.69, 9.17) is 5.73 Å². The number of thioether (sulfide) groups is 1. The standard InChI is InChI=1S/C21H30N4O6S/c1-32-10-8-16(20(29)25-9-2-3-17(25)21(30)31)24-18(27)12-23-19(28)15(22)11-13-4-6-14(26)7-5-13/h4-7,15-17,26H,2-3,8-12,22H2,1H3,(H,23,28)(H,24,27)(H,30,31). The first-order valence-corrected chi connectivity index (χ1v) is 11.7. The molecule has 3 amide bonds. The van der Waals surface area contributed by atoms with Crippen molar-refractivity contribution in [2.75, 3.05) is 25.1 Å². The SMILES string of the molecule is CSCCC(NC(=O)CNC(=O)C(N)Cc1ccc(O)cc1)C(=O)N1CCCC1C(=O)O. The van der Waals surface area contributed by atoms with E-state index in [0.717, 1.165) is 5.56 Å². The van der Waals surface area contributed by atoms with E-state index in [1.165, 1.54) is 28.8 Å². The van der Waals surface area contributed by atoms with E-state index >= 15 is 0 Å². The number of amides is 3. The molecule has 0 radical (unpaired) electrons. The molecular formula is C21H30N4O6S. The van der Waals surface area contributed by atoms with Crippen molar-refractivity contribution in [1.82, 2.24) is 15.5 Å². The Labute approximate surface area is 190 Å². The molecular weight excluding hydrogens is 436 g/mol. The fraction of sp³-hybridized carbons (Fsp3) is 0.524. The molecule has 0 spiro atoms. The summed E-state index contributed by atoms with van der Waals surface area (Å²) in [6.07, 6.45) is 3.44. The van der Waals surface area contributed by atoms with Gasteiger partial charge in [-0.15, -0.1) is 0 Å². The van der Waals surface area contributed by atoms with Crippen LogP contribution in [0.15, 0.2) is 24.3 Å². The molecule has 1 aromatic carbocycles. The van der Waals surface area contributed by atoms with Crippen LogP contribution in [0.2, 0.25) is 0 Å². The van der Waals surface area contributed by atoms with Gasteiger partial charge in [0.2, 0.25) is 17.7 Å². The Hall–Kier alpha value is -2.79. The van der Waals surface area contributed by atoms with Crippen LogP contribution < -0.4 is 16.4 Å². The number of nitrogens with two attached hydrogens (primary N) is 1. The highest BCUT2D eigenvalue weighted by atomic mass is 32.2. The van der Waals surface area contributed by atoms with E-state index in [-0.39, 0.29) is 18.7 Å². The Morgan fingerprint density at radius 3 is 2.56 bits per heavy atom. The second-order valence-electron chi connectivity index (χ2n) is 7.62. The van der Waals surface area contributed by atoms with Crippen LogP contribution in [0.1, 0.15) is 24.8 Å². The Kier molecular flexibility index (Phi) is 9.79. The predicted octanol–water partition coefficient (Wildman–Crippen LogP) is -0.308. The molecule has 1 heterocycles. The van der Waals surface area contributed by atoms with Crippen LogP contribution in [-0.2, 0) is 25.6 Å². The molecule has 11 heteroatoms. The van der Waals surface area contributed by atoms with E-state index in [1.54, 1.807) is 12.1 Å². The summed E-state index contributed by atoms with van der Waals surface area (Å²) in [5, 5.41) is 23.7. The molecule has 32 heavy (non-hydrogen) atoms. The summed E-state index contributed by atoms with van der Waals surface area (Å²) in [7, 11) is 0. The number of aliphatic carboxylic acids is 1. The zero-order chi connectivity index (χ0) is 23.7. The van der Waals surface area contributed by atoms with Gasteiger partial charge in [-0.1, -0.05) is 12.1 Å². The number of phenols is 1. The maximum absolute atomic E-state index is 12.9. The number of nitrogens with zero attached hydrogens (tertiary/aromatic N) is 1. The summed E-state index contributed by atoms with van der Waals surface area (Å²) < 4.78 is 0. The summed E-state index contributed by atoms with van der Waals surface area (Å²) in [6.45, 7) is -0.0161. The molecule has 6 N–H and O–H groups in total. The number of nitrogens with one attached hydrogen (secondary N) is 2. The molecule has 1 fully saturated rings. The molecule has 0 saturated carbocycles. The Morgan fingerprint density at radius 2 is 1.94 bits per heavy atom. The second-order valence-corrected chi connectivity index (χ2v) is 8.61. The van der Waals surface area contributed by atoms with Gasteiger partial charge in [0.05, 0.1) is 12.6 Å². The molecule has 10 nitrogen and oxygen atoms in total. The molecule has 0 aromatic heterocycles. The number of phenolic OH excluding ortho intramolecular Hbond substituents is 1. The highest BCUT2D eigenvalue weighted by Crippen LogP contribution is 2.19. The number of hydrogen-bond acceptors (Lipinski definition) is 7. The molecule has 0 bridgehead atoms. The number of carboxylic acid groups (broad SMARTS) is 1. The van der Waals surface area contributed by atoms with Crippen LogP contribution in [0, 0.1) is 0 Å². The summed E-state index contributed by atoms with van der Waals surface area (Å²) in [4.78, 5) is 50.2. The number of aromatic hydroxyl groups is 1. The number of hydrogen-bond donors (Lipinski definition) is 5. The average molecular weight is 467 g/mol. The van der Waals surface area contributed by atoms with Gasteiger partial charge in [0, 0.05) is 6.54 Å². The van der Waals surface area contributed by atoms with E-state index < -0.39 is 41.8 Å². The average Bonchev–Trinajstić information content (AvgIpc) is 3.26. The van der Waals surface area contributed by atoms with Crippen molar-refractivity contribution in [2.45, 2.75) is 43.8 Å². The van der Waals surface area contributed by atoms with Crippen molar-refractivity contribution in [3.63, 3.8) is 0 Å². The van der Waals surface area contributed by atoms with Gasteiger partial charge >= 0.3 is 5.97 Å². The van der Waals surface area contributed by atoms with Gasteiger partial charge in [0.15, 0.2) is 0 Å². The van der Waals surface area contributed by atoms with Gasteiger partial charge in [-0.2, -0.15) is 11.8 Å². The molecule has 1 aliphatic heterocycles. The first-order chi connectivity index (χ1) is 15.2.